The monoisotopic (exact) mass is 2210 g/mol. The van der Waals surface area contributed by atoms with Crippen LogP contribution in [0.3, 0.4) is 0 Å². The third-order valence-corrected chi connectivity index (χ3v) is 25.7. The van der Waals surface area contributed by atoms with Gasteiger partial charge < -0.3 is 39.5 Å². The minimum atomic E-state index is -0.303. The van der Waals surface area contributed by atoms with Crippen molar-refractivity contribution in [3.8, 4) is 179 Å². The number of aromatic nitrogens is 6. The van der Waals surface area contributed by atoms with Crippen LogP contribution in [-0.4, -0.2) is 81.7 Å². The Bertz CT molecular complexity index is 7480. The molecule has 0 unspecified atom stereocenters. The molecule has 16 aromatic carbocycles. The molecule has 0 saturated heterocycles. The number of pyridine rings is 4. The standard InChI is InChI=1S/C128H86N10O4.2Ir/c1-135(125(139)109-63-57-91(119-51-27-31-67-129-119)75-115(109)87-39-15-7-16-40-87)99-71-97(72-100(81-99)136(2)126(140)110-64-58-92(120-52-28-32-68-130-120)76-116(110)88-41-17-8-18-42-88)103-47-23-25-49-105(103)107-61-55-95(79-113(107)85-35-11-5-12-36-85)123-83-124(134-84-133-123)96-56-62-108(114(80-96)86-37-13-6-14-38-86)106-50-26-24-48-104(106)98-73-101(137(3)127(141)111-65-59-93(121-53-29-33-69-131-121)77-117(111)89-43-19-9-20-44-89)82-102(74-98)138(4)128(142)112-66-60-94(122-54-30-34-70-132-122)78-118(112)90-45-21-10-22-46-90;;/h5-54,61-84H,1-4H3;;/q-6;2*+3. The first-order chi connectivity index (χ1) is 69.7. The molecule has 21 aromatic rings. The van der Waals surface area contributed by atoms with Gasteiger partial charge in [-0.05, 0) is 173 Å². The summed E-state index contributed by atoms with van der Waals surface area (Å²) in [6.07, 6.45) is 8.55. The average Bonchev–Trinajstić information content (AvgIpc) is 0.765. The third kappa shape index (κ3) is 19.9. The van der Waals surface area contributed by atoms with E-state index in [1.54, 1.807) is 103 Å². The largest absolute Gasteiger partial charge is 3.00 e. The number of rotatable bonds is 24. The van der Waals surface area contributed by atoms with Gasteiger partial charge in [0.25, 0.3) is 0 Å². The molecule has 0 saturated carbocycles. The maximum Gasteiger partial charge on any atom is 3.00 e. The molecule has 5 heterocycles. The van der Waals surface area contributed by atoms with Crippen LogP contribution >= 0.6 is 0 Å². The van der Waals surface area contributed by atoms with Crippen LogP contribution in [0.4, 0.5) is 22.7 Å². The van der Waals surface area contributed by atoms with Crippen molar-refractivity contribution in [2.45, 2.75) is 0 Å². The fourth-order valence-electron chi connectivity index (χ4n) is 18.3. The first kappa shape index (κ1) is 95.3. The summed E-state index contributed by atoms with van der Waals surface area (Å²) < 4.78 is 0. The fourth-order valence-corrected chi connectivity index (χ4v) is 18.3. The molecule has 0 atom stereocenters. The van der Waals surface area contributed by atoms with Gasteiger partial charge in [-0.25, -0.2) is 0 Å². The van der Waals surface area contributed by atoms with E-state index in [-0.39, 0.29) is 63.8 Å². The van der Waals surface area contributed by atoms with Crippen molar-refractivity contribution < 1.29 is 59.4 Å². The van der Waals surface area contributed by atoms with Crippen molar-refractivity contribution in [2.24, 2.45) is 0 Å². The molecule has 4 amide bonds. The van der Waals surface area contributed by atoms with Crippen LogP contribution in [0.1, 0.15) is 41.4 Å². The Balaban J connectivity index is 0.00000656. The molecule has 0 N–H and O–H groups in total. The molecule has 0 fully saturated rings. The number of hydrogen-bond donors (Lipinski definition) is 0. The summed E-state index contributed by atoms with van der Waals surface area (Å²) in [6.45, 7) is 0. The normalized spacial score (nSPS) is 10.9. The van der Waals surface area contributed by atoms with Crippen LogP contribution in [0.15, 0.2) is 450 Å². The van der Waals surface area contributed by atoms with E-state index in [9.17, 15) is 0 Å². The van der Waals surface area contributed by atoms with E-state index < -0.39 is 0 Å². The van der Waals surface area contributed by atoms with E-state index in [0.717, 1.165) is 111 Å². The zero-order chi connectivity index (χ0) is 96.5. The molecule has 14 nitrogen and oxygen atoms in total. The van der Waals surface area contributed by atoms with Gasteiger partial charge in [0.2, 0.25) is 23.6 Å². The van der Waals surface area contributed by atoms with Crippen molar-refractivity contribution in [3.05, 3.63) is 508 Å². The van der Waals surface area contributed by atoms with Crippen LogP contribution in [-0.2, 0) is 40.2 Å². The smallest absolute Gasteiger partial charge is 0.319 e. The molecule has 0 aliphatic heterocycles. The van der Waals surface area contributed by atoms with E-state index in [1.807, 2.05) is 334 Å². The van der Waals surface area contributed by atoms with Crippen LogP contribution in [0.25, 0.3) is 179 Å². The topological polar surface area (TPSA) is 159 Å². The fraction of sp³-hybridized carbons (Fsp3) is 0.0312. The SMILES string of the molecule is CN(C(=O)c1c[c-]c(-c2ccccn2)cc1-c1ccccc1)c1cc(-c2ccccc2-c2c[c-]c(-c3cc(-c4[c-]cc(-c5ccccc5-c5cc(N(C)C(=O)c6c[c-]c(-c7ccccn7)cc6-c6ccccc6)cc(N(C)C(=O)c6c[c-]c(-c7ccccn7)cc6-c6ccccc6)c5)c(-c5ccccc5)c4)ncn3)cc2-c2ccccc2)cc(N(C)C(=O)c2c[c-]c(-c3ccccn3)cc2-c2ccccc2)c1.[Ir+3].[Ir+3]. The van der Waals surface area contributed by atoms with Crippen molar-refractivity contribution in [1.82, 2.24) is 29.9 Å². The van der Waals surface area contributed by atoms with E-state index in [4.69, 9.17) is 9.97 Å². The summed E-state index contributed by atoms with van der Waals surface area (Å²) in [6, 6.07) is 157. The van der Waals surface area contributed by atoms with Crippen molar-refractivity contribution >= 4 is 46.4 Å². The second kappa shape index (κ2) is 43.0. The number of carbonyl (C=O) groups is 4. The van der Waals surface area contributed by atoms with E-state index in [0.29, 0.717) is 113 Å². The Kier molecular flexibility index (Phi) is 28.5. The molecule has 0 spiro atoms. The second-order valence-electron chi connectivity index (χ2n) is 34.4. The summed E-state index contributed by atoms with van der Waals surface area (Å²) in [5, 5.41) is 0. The van der Waals surface area contributed by atoms with E-state index in [1.165, 1.54) is 0 Å². The van der Waals surface area contributed by atoms with Gasteiger partial charge in [-0.3, -0.25) is 29.1 Å². The minimum Gasteiger partial charge on any atom is -0.319 e. The van der Waals surface area contributed by atoms with Gasteiger partial charge in [-0.15, -0.1) is 143 Å². The molecule has 16 heteroatoms. The zero-order valence-electron chi connectivity index (χ0n) is 78.5. The number of carbonyl (C=O) groups excluding carboxylic acids is 4. The van der Waals surface area contributed by atoms with Crippen molar-refractivity contribution in [1.29, 1.82) is 0 Å². The molecule has 144 heavy (non-hydrogen) atoms. The van der Waals surface area contributed by atoms with Gasteiger partial charge in [0.05, 0.1) is 6.33 Å². The Morgan fingerprint density at radius 1 is 0.188 bits per heavy atom. The number of nitrogens with zero attached hydrogens (tertiary/aromatic N) is 10. The average molecular weight is 2210 g/mol. The summed E-state index contributed by atoms with van der Waals surface area (Å²) in [4.78, 5) is 98.4. The quantitative estimate of drug-likeness (QED) is 0.0533. The number of anilines is 4. The predicted octanol–water partition coefficient (Wildman–Crippen LogP) is 28.6. The number of hydrogen-bond acceptors (Lipinski definition) is 10. The summed E-state index contributed by atoms with van der Waals surface area (Å²) in [7, 11) is 7.07. The molecular formula is C128H86Ir2N10O4. The molecule has 690 valence electrons. The molecule has 0 aliphatic carbocycles. The number of benzene rings is 16. The van der Waals surface area contributed by atoms with Crippen molar-refractivity contribution in [2.75, 3.05) is 47.8 Å². The Hall–Kier alpha value is -17.6. The molecule has 5 aromatic heterocycles. The molecular weight excluding hydrogens is 2130 g/mol. The summed E-state index contributed by atoms with van der Waals surface area (Å²) in [5.74, 6) is -1.21. The predicted molar refractivity (Wildman–Crippen MR) is 570 cm³/mol. The first-order valence-electron chi connectivity index (χ1n) is 46.5. The van der Waals surface area contributed by atoms with Gasteiger partial charge in [0, 0.05) is 75.7 Å². The van der Waals surface area contributed by atoms with Gasteiger partial charge in [0.1, 0.15) is 0 Å². The van der Waals surface area contributed by atoms with E-state index in [2.05, 4.69) is 117 Å². The third-order valence-electron chi connectivity index (χ3n) is 25.7. The zero-order valence-corrected chi connectivity index (χ0v) is 83.3. The molecule has 0 bridgehead atoms. The van der Waals surface area contributed by atoms with Gasteiger partial charge >= 0.3 is 40.2 Å². The molecule has 0 aliphatic rings. The summed E-state index contributed by atoms with van der Waals surface area (Å²) >= 11 is 0. The Labute approximate surface area is 863 Å². The maximum atomic E-state index is 15.8. The van der Waals surface area contributed by atoms with Gasteiger partial charge in [-0.2, -0.15) is 0 Å². The van der Waals surface area contributed by atoms with Gasteiger partial charge in [0.15, 0.2) is 0 Å². The summed E-state index contributed by atoms with van der Waals surface area (Å²) in [5.41, 5.74) is 28.4. The molecule has 21 rings (SSSR count). The first-order valence-corrected chi connectivity index (χ1v) is 46.5. The maximum absolute atomic E-state index is 15.8. The van der Waals surface area contributed by atoms with Crippen LogP contribution in [0.2, 0.25) is 0 Å². The molecule has 0 radical (unpaired) electrons. The van der Waals surface area contributed by atoms with Crippen LogP contribution in [0.5, 0.6) is 0 Å². The van der Waals surface area contributed by atoms with Crippen molar-refractivity contribution in [3.63, 3.8) is 0 Å². The van der Waals surface area contributed by atoms with Crippen LogP contribution < -0.4 is 19.6 Å². The second-order valence-corrected chi connectivity index (χ2v) is 34.4. The Morgan fingerprint density at radius 2 is 0.403 bits per heavy atom. The van der Waals surface area contributed by atoms with Crippen LogP contribution in [0, 0.1) is 36.4 Å². The van der Waals surface area contributed by atoms with E-state index >= 15 is 19.2 Å². The van der Waals surface area contributed by atoms with Gasteiger partial charge in [-0.1, -0.05) is 341 Å². The Morgan fingerprint density at radius 3 is 0.653 bits per heavy atom. The number of amides is 4. The minimum absolute atomic E-state index is 0.